The second kappa shape index (κ2) is 4.08. The van der Waals surface area contributed by atoms with E-state index in [1.54, 1.807) is 0 Å². The molecule has 2 N–H and O–H groups in total. The van der Waals surface area contributed by atoms with Gasteiger partial charge in [0.15, 0.2) is 5.69 Å². The molecule has 5 heteroatoms. The van der Waals surface area contributed by atoms with Gasteiger partial charge < -0.3 is 10.4 Å². The molecule has 0 aromatic carbocycles. The van der Waals surface area contributed by atoms with E-state index >= 15 is 0 Å². The van der Waals surface area contributed by atoms with Gasteiger partial charge >= 0.3 is 5.97 Å². The largest absolute Gasteiger partial charge is 0.476 e. The van der Waals surface area contributed by atoms with Gasteiger partial charge in [-0.15, -0.1) is 0 Å². The van der Waals surface area contributed by atoms with E-state index in [1.165, 1.54) is 31.7 Å². The van der Waals surface area contributed by atoms with Crippen molar-refractivity contribution in [2.75, 3.05) is 11.9 Å². The Bertz CT molecular complexity index is 385. The highest BCUT2D eigenvalue weighted by Gasteiger charge is 2.31. The van der Waals surface area contributed by atoms with Gasteiger partial charge in [0.25, 0.3) is 0 Å². The summed E-state index contributed by atoms with van der Waals surface area (Å²) in [5.74, 6) is -0.414. The Balaban J connectivity index is 1.92. The van der Waals surface area contributed by atoms with E-state index in [-0.39, 0.29) is 5.69 Å². The second-order valence-corrected chi connectivity index (χ2v) is 4.61. The van der Waals surface area contributed by atoms with E-state index in [1.807, 2.05) is 0 Å². The molecule has 0 aliphatic heterocycles. The Labute approximate surface area is 93.9 Å². The Morgan fingerprint density at radius 2 is 2.25 bits per heavy atom. The molecule has 2 rings (SSSR count). The molecule has 0 bridgehead atoms. The zero-order valence-electron chi connectivity index (χ0n) is 9.23. The molecule has 16 heavy (non-hydrogen) atoms. The van der Waals surface area contributed by atoms with E-state index in [0.29, 0.717) is 11.2 Å². The molecule has 0 spiro atoms. The number of nitrogens with one attached hydrogen (secondary N) is 1. The molecule has 1 saturated carbocycles. The van der Waals surface area contributed by atoms with E-state index < -0.39 is 5.97 Å². The number of anilines is 1. The predicted molar refractivity (Wildman–Crippen MR) is 59.4 cm³/mol. The lowest BCUT2D eigenvalue weighted by Crippen LogP contribution is -2.33. The minimum atomic E-state index is -1.05. The van der Waals surface area contributed by atoms with Crippen LogP contribution in [0.5, 0.6) is 0 Å². The van der Waals surface area contributed by atoms with Crippen LogP contribution < -0.4 is 5.32 Å². The Morgan fingerprint density at radius 3 is 2.69 bits per heavy atom. The van der Waals surface area contributed by atoms with Crippen LogP contribution in [0.3, 0.4) is 0 Å². The van der Waals surface area contributed by atoms with Crippen LogP contribution in [0, 0.1) is 5.41 Å². The van der Waals surface area contributed by atoms with Gasteiger partial charge in [0, 0.05) is 6.54 Å². The number of hydrogen-bond acceptors (Lipinski definition) is 4. The number of carboxylic acids is 1. The van der Waals surface area contributed by atoms with Gasteiger partial charge in [-0.3, -0.25) is 0 Å². The molecule has 0 atom stereocenters. The molecule has 0 saturated heterocycles. The first-order valence-corrected chi connectivity index (χ1v) is 5.38. The summed E-state index contributed by atoms with van der Waals surface area (Å²) in [6.45, 7) is 3.11. The molecule has 1 fully saturated rings. The Hall–Kier alpha value is -1.65. The molecule has 0 amide bonds. The van der Waals surface area contributed by atoms with Crippen molar-refractivity contribution in [3.8, 4) is 0 Å². The summed E-state index contributed by atoms with van der Waals surface area (Å²) < 4.78 is 0. The maximum atomic E-state index is 10.6. The normalized spacial score (nSPS) is 17.6. The molecular weight excluding hydrogens is 206 g/mol. The SMILES string of the molecule is CC1(CNc2cnc(C(=O)O)cn2)CCC1. The fraction of sp³-hybridized carbons (Fsp3) is 0.545. The summed E-state index contributed by atoms with van der Waals surface area (Å²) in [5, 5.41) is 11.8. The summed E-state index contributed by atoms with van der Waals surface area (Å²) in [7, 11) is 0. The number of carbonyl (C=O) groups is 1. The topological polar surface area (TPSA) is 75.1 Å². The van der Waals surface area contributed by atoms with Gasteiger partial charge in [-0.25, -0.2) is 14.8 Å². The minimum Gasteiger partial charge on any atom is -0.476 e. The van der Waals surface area contributed by atoms with Crippen molar-refractivity contribution in [2.24, 2.45) is 5.41 Å². The first kappa shape index (κ1) is 10.9. The standard InChI is InChI=1S/C11H15N3O2/c1-11(3-2-4-11)7-14-9-6-12-8(5-13-9)10(15)16/h5-6H,2-4,7H2,1H3,(H,13,14)(H,15,16). The average molecular weight is 221 g/mol. The number of hydrogen-bond donors (Lipinski definition) is 2. The summed E-state index contributed by atoms with van der Waals surface area (Å²) in [6, 6.07) is 0. The number of nitrogens with zero attached hydrogens (tertiary/aromatic N) is 2. The van der Waals surface area contributed by atoms with Gasteiger partial charge in [0.2, 0.25) is 0 Å². The van der Waals surface area contributed by atoms with E-state index in [2.05, 4.69) is 22.2 Å². The zero-order valence-corrected chi connectivity index (χ0v) is 9.23. The molecule has 1 aliphatic carbocycles. The highest BCUT2D eigenvalue weighted by molar-refractivity contribution is 5.84. The van der Waals surface area contributed by atoms with Gasteiger partial charge in [0.05, 0.1) is 12.4 Å². The van der Waals surface area contributed by atoms with Crippen LogP contribution in [-0.4, -0.2) is 27.6 Å². The lowest BCUT2D eigenvalue weighted by Gasteiger charge is -2.38. The maximum absolute atomic E-state index is 10.6. The second-order valence-electron chi connectivity index (χ2n) is 4.61. The number of carboxylic acid groups (broad SMARTS) is 1. The Kier molecular flexibility index (Phi) is 2.77. The van der Waals surface area contributed by atoms with Crippen LogP contribution in [0.1, 0.15) is 36.7 Å². The highest BCUT2D eigenvalue weighted by Crippen LogP contribution is 2.39. The summed E-state index contributed by atoms with van der Waals surface area (Å²) in [6.07, 6.45) is 6.50. The Morgan fingerprint density at radius 1 is 1.50 bits per heavy atom. The molecule has 86 valence electrons. The van der Waals surface area contributed by atoms with Crippen LogP contribution in [0.25, 0.3) is 0 Å². The summed E-state index contributed by atoms with van der Waals surface area (Å²) in [5.41, 5.74) is 0.341. The van der Waals surface area contributed by atoms with E-state index in [9.17, 15) is 4.79 Å². The summed E-state index contributed by atoms with van der Waals surface area (Å²) >= 11 is 0. The molecule has 1 aliphatic rings. The molecule has 1 aromatic heterocycles. The van der Waals surface area contributed by atoms with Crippen molar-refractivity contribution in [1.82, 2.24) is 9.97 Å². The van der Waals surface area contributed by atoms with Crippen LogP contribution in [0.2, 0.25) is 0 Å². The van der Waals surface area contributed by atoms with Crippen molar-refractivity contribution >= 4 is 11.8 Å². The zero-order chi connectivity index (χ0) is 11.6. The van der Waals surface area contributed by atoms with Gasteiger partial charge in [-0.05, 0) is 18.3 Å². The first-order valence-electron chi connectivity index (χ1n) is 5.38. The predicted octanol–water partition coefficient (Wildman–Crippen LogP) is 1.78. The van der Waals surface area contributed by atoms with Crippen molar-refractivity contribution in [2.45, 2.75) is 26.2 Å². The summed E-state index contributed by atoms with van der Waals surface area (Å²) in [4.78, 5) is 18.4. The van der Waals surface area contributed by atoms with E-state index in [0.717, 1.165) is 6.54 Å². The van der Waals surface area contributed by atoms with Crippen LogP contribution >= 0.6 is 0 Å². The fourth-order valence-electron chi connectivity index (χ4n) is 1.79. The maximum Gasteiger partial charge on any atom is 0.356 e. The molecule has 0 radical (unpaired) electrons. The third kappa shape index (κ3) is 2.29. The number of aromatic carboxylic acids is 1. The minimum absolute atomic E-state index is 0.0274. The lowest BCUT2D eigenvalue weighted by atomic mass is 9.70. The molecule has 1 heterocycles. The molecule has 0 unspecified atom stereocenters. The highest BCUT2D eigenvalue weighted by atomic mass is 16.4. The lowest BCUT2D eigenvalue weighted by molar-refractivity contribution is 0.0690. The molecule has 5 nitrogen and oxygen atoms in total. The molecule has 1 aromatic rings. The third-order valence-electron chi connectivity index (χ3n) is 3.13. The third-order valence-corrected chi connectivity index (χ3v) is 3.13. The van der Waals surface area contributed by atoms with Crippen LogP contribution in [0.15, 0.2) is 12.4 Å². The van der Waals surface area contributed by atoms with Gasteiger partial charge in [-0.1, -0.05) is 13.3 Å². The van der Waals surface area contributed by atoms with Crippen molar-refractivity contribution in [1.29, 1.82) is 0 Å². The number of rotatable bonds is 4. The van der Waals surface area contributed by atoms with Crippen LogP contribution in [-0.2, 0) is 0 Å². The first-order chi connectivity index (χ1) is 7.59. The fourth-order valence-corrected chi connectivity index (χ4v) is 1.79. The average Bonchev–Trinajstić information content (AvgIpc) is 2.24. The smallest absolute Gasteiger partial charge is 0.356 e. The monoisotopic (exact) mass is 221 g/mol. The van der Waals surface area contributed by atoms with Gasteiger partial charge in [-0.2, -0.15) is 0 Å². The van der Waals surface area contributed by atoms with Crippen LogP contribution in [0.4, 0.5) is 5.82 Å². The van der Waals surface area contributed by atoms with Crippen molar-refractivity contribution < 1.29 is 9.90 Å². The van der Waals surface area contributed by atoms with Gasteiger partial charge in [0.1, 0.15) is 5.82 Å². The van der Waals surface area contributed by atoms with Crippen molar-refractivity contribution in [3.05, 3.63) is 18.1 Å². The number of aromatic nitrogens is 2. The molecular formula is C11H15N3O2. The van der Waals surface area contributed by atoms with Crippen molar-refractivity contribution in [3.63, 3.8) is 0 Å². The van der Waals surface area contributed by atoms with E-state index in [4.69, 9.17) is 5.11 Å². The quantitative estimate of drug-likeness (QED) is 0.810.